The van der Waals surface area contributed by atoms with Crippen LogP contribution in [0.1, 0.15) is 23.6 Å². The van der Waals surface area contributed by atoms with Crippen molar-refractivity contribution in [2.75, 3.05) is 26.2 Å². The van der Waals surface area contributed by atoms with Gasteiger partial charge in [-0.05, 0) is 65.5 Å². The number of fused-ring (bicyclic) bond motifs is 6. The zero-order valence-electron chi connectivity index (χ0n) is 17.4. The number of rotatable bonds is 2. The molecule has 2 N–H and O–H groups in total. The predicted molar refractivity (Wildman–Crippen MR) is 122 cm³/mol. The minimum Gasteiger partial charge on any atom is -0.361 e. The summed E-state index contributed by atoms with van der Waals surface area (Å²) in [5.74, 6) is 2.15. The molecule has 164 valence electrons. The van der Waals surface area contributed by atoms with Crippen LogP contribution in [0.15, 0.2) is 48.7 Å². The Morgan fingerprint density at radius 1 is 0.781 bits per heavy atom. The number of benzene rings is 2. The van der Waals surface area contributed by atoms with Gasteiger partial charge in [-0.25, -0.2) is 0 Å². The molecule has 3 fully saturated rings. The second-order valence-electron chi connectivity index (χ2n) is 9.38. The summed E-state index contributed by atoms with van der Waals surface area (Å²) in [4.78, 5) is 33.4. The van der Waals surface area contributed by atoms with Gasteiger partial charge in [0.2, 0.25) is 0 Å². The zero-order chi connectivity index (χ0) is 21.4. The van der Waals surface area contributed by atoms with E-state index < -0.39 is 0 Å². The highest BCUT2D eigenvalue weighted by Gasteiger charge is 2.59. The average molecular weight is 431 g/mol. The van der Waals surface area contributed by atoms with Crippen LogP contribution in [0.5, 0.6) is 0 Å². The van der Waals surface area contributed by atoms with Crippen LogP contribution in [0.25, 0.3) is 21.9 Å². The number of H-pyrrole nitrogens is 2. The molecule has 8 heteroatoms. The molecule has 2 aromatic heterocycles. The maximum Gasteiger partial charge on any atom is 0.253 e. The maximum absolute atomic E-state index is 13.1. The van der Waals surface area contributed by atoms with Crippen molar-refractivity contribution >= 4 is 33.8 Å². The molecule has 0 radical (unpaired) electrons. The first-order valence-corrected chi connectivity index (χ1v) is 11.1. The normalized spacial score (nSPS) is 26.4. The molecule has 2 aromatic carbocycles. The second-order valence-corrected chi connectivity index (χ2v) is 9.38. The van der Waals surface area contributed by atoms with Crippen molar-refractivity contribution in [1.82, 2.24) is 30.2 Å². The Balaban J connectivity index is 0.00000120. The molecule has 4 aromatic rings. The first-order valence-electron chi connectivity index (χ1n) is 11.1. The lowest BCUT2D eigenvalue weighted by Crippen LogP contribution is -2.44. The molecule has 4 heterocycles. The van der Waals surface area contributed by atoms with E-state index in [9.17, 15) is 9.59 Å². The molecular weight excluding hydrogens is 404 g/mol. The van der Waals surface area contributed by atoms with Crippen LogP contribution in [0.2, 0.25) is 0 Å². The first kappa shape index (κ1) is 17.9. The Labute approximate surface area is 186 Å². The number of amides is 2. The third kappa shape index (κ3) is 2.49. The van der Waals surface area contributed by atoms with Crippen LogP contribution < -0.4 is 0 Å². The molecule has 32 heavy (non-hydrogen) atoms. The van der Waals surface area contributed by atoms with Crippen molar-refractivity contribution in [3.63, 3.8) is 0 Å². The van der Waals surface area contributed by atoms with Gasteiger partial charge in [0.15, 0.2) is 0 Å². The van der Waals surface area contributed by atoms with E-state index in [0.29, 0.717) is 34.8 Å². The van der Waals surface area contributed by atoms with Gasteiger partial charge in [0.25, 0.3) is 11.8 Å². The summed E-state index contributed by atoms with van der Waals surface area (Å²) in [6.45, 7) is 3.14. The largest absolute Gasteiger partial charge is 0.361 e. The fourth-order valence-electron chi connectivity index (χ4n) is 6.23. The van der Waals surface area contributed by atoms with Crippen LogP contribution in [0.4, 0.5) is 0 Å². The minimum atomic E-state index is 0. The highest BCUT2D eigenvalue weighted by Crippen LogP contribution is 2.54. The third-order valence-electron chi connectivity index (χ3n) is 7.86. The van der Waals surface area contributed by atoms with E-state index in [1.54, 1.807) is 0 Å². The summed E-state index contributed by atoms with van der Waals surface area (Å²) in [6.07, 6.45) is 1.90. The van der Waals surface area contributed by atoms with Crippen molar-refractivity contribution in [2.45, 2.75) is 0 Å². The fraction of sp³-hybridized carbons (Fsp3) is 0.333. The highest BCUT2D eigenvalue weighted by molar-refractivity contribution is 5.98. The molecular formula is C24H26N6O2. The average Bonchev–Trinajstić information content (AvgIpc) is 3.59. The van der Waals surface area contributed by atoms with E-state index >= 15 is 0 Å². The molecule has 4 atom stereocenters. The molecule has 0 spiro atoms. The smallest absolute Gasteiger partial charge is 0.253 e. The van der Waals surface area contributed by atoms with Gasteiger partial charge in [-0.2, -0.15) is 15.4 Å². The number of aromatic amines is 2. The van der Waals surface area contributed by atoms with E-state index in [1.807, 2.05) is 58.5 Å². The lowest BCUT2D eigenvalue weighted by Gasteiger charge is -2.42. The monoisotopic (exact) mass is 430 g/mol. The molecule has 1 saturated carbocycles. The van der Waals surface area contributed by atoms with Gasteiger partial charge >= 0.3 is 0 Å². The number of aromatic nitrogens is 4. The SMILES string of the molecule is O=C(c1ccc2cc[nH]c2c1)N1CC2C(C1)[C@@H]1CN(C(=O)c3ccc4n[nH]nc4c3)C[C@H]21.[HH].[HH]. The van der Waals surface area contributed by atoms with E-state index in [0.717, 1.165) is 48.2 Å². The van der Waals surface area contributed by atoms with Crippen molar-refractivity contribution < 1.29 is 12.4 Å². The van der Waals surface area contributed by atoms with Gasteiger partial charge in [-0.3, -0.25) is 9.59 Å². The van der Waals surface area contributed by atoms with Crippen LogP contribution >= 0.6 is 0 Å². The molecule has 7 rings (SSSR count). The molecule has 3 aliphatic rings. The van der Waals surface area contributed by atoms with Gasteiger partial charge in [0.1, 0.15) is 11.0 Å². The summed E-state index contributed by atoms with van der Waals surface area (Å²) < 4.78 is 0. The molecule has 2 aliphatic heterocycles. The lowest BCUT2D eigenvalue weighted by molar-refractivity contribution is 0.0629. The lowest BCUT2D eigenvalue weighted by atomic mass is 9.60. The number of carbonyl (C=O) groups excluding carboxylic acids is 2. The van der Waals surface area contributed by atoms with Crippen molar-refractivity contribution in [1.29, 1.82) is 0 Å². The third-order valence-corrected chi connectivity index (χ3v) is 7.86. The summed E-state index contributed by atoms with van der Waals surface area (Å²) in [6, 6.07) is 13.4. The van der Waals surface area contributed by atoms with Crippen molar-refractivity contribution in [2.24, 2.45) is 23.7 Å². The van der Waals surface area contributed by atoms with E-state index in [4.69, 9.17) is 0 Å². The number of hydrogen-bond donors (Lipinski definition) is 2. The molecule has 2 unspecified atom stereocenters. The van der Waals surface area contributed by atoms with Crippen molar-refractivity contribution in [3.8, 4) is 0 Å². The molecule has 8 nitrogen and oxygen atoms in total. The standard InChI is InChI=1S/C24H22N6O2.2H2/c31-23(14-2-1-13-5-6-25-21(13)7-14)29-9-16-17(10-29)19-12-30(11-18(16)19)24(32)15-3-4-20-22(8-15)27-28-26-20;;/h1-8,16-19,25H,9-12H2,(H,26,27,28);2*1H/t16?,17?,18-,19+;;. The molecule has 2 amide bonds. The quantitative estimate of drug-likeness (QED) is 0.511. The summed E-state index contributed by atoms with van der Waals surface area (Å²) in [7, 11) is 0. The Bertz CT molecular complexity index is 1270. The summed E-state index contributed by atoms with van der Waals surface area (Å²) in [5.41, 5.74) is 3.87. The van der Waals surface area contributed by atoms with Crippen LogP contribution in [-0.4, -0.2) is 68.2 Å². The van der Waals surface area contributed by atoms with Gasteiger partial charge in [0.05, 0.1) is 0 Å². The van der Waals surface area contributed by atoms with Gasteiger partial charge in [-0.1, -0.05) is 6.07 Å². The van der Waals surface area contributed by atoms with E-state index in [2.05, 4.69) is 20.4 Å². The predicted octanol–water partition coefficient (Wildman–Crippen LogP) is 3.02. The Kier molecular flexibility index (Phi) is 3.60. The molecule has 0 bridgehead atoms. The Morgan fingerprint density at radius 2 is 1.38 bits per heavy atom. The number of nitrogens with zero attached hydrogens (tertiary/aromatic N) is 4. The Morgan fingerprint density at radius 3 is 2.06 bits per heavy atom. The van der Waals surface area contributed by atoms with E-state index in [-0.39, 0.29) is 14.7 Å². The van der Waals surface area contributed by atoms with Crippen molar-refractivity contribution in [3.05, 3.63) is 59.8 Å². The summed E-state index contributed by atoms with van der Waals surface area (Å²) in [5, 5.41) is 11.9. The summed E-state index contributed by atoms with van der Waals surface area (Å²) >= 11 is 0. The van der Waals surface area contributed by atoms with Gasteiger partial charge in [0, 0.05) is 51.9 Å². The van der Waals surface area contributed by atoms with E-state index in [1.165, 1.54) is 0 Å². The van der Waals surface area contributed by atoms with Crippen LogP contribution in [0.3, 0.4) is 0 Å². The van der Waals surface area contributed by atoms with Gasteiger partial charge in [-0.15, -0.1) is 0 Å². The number of carbonyl (C=O) groups is 2. The zero-order valence-corrected chi connectivity index (χ0v) is 17.4. The second kappa shape index (κ2) is 6.41. The highest BCUT2D eigenvalue weighted by atomic mass is 16.2. The number of nitrogens with one attached hydrogen (secondary N) is 2. The maximum atomic E-state index is 13.1. The van der Waals surface area contributed by atoms with Gasteiger partial charge < -0.3 is 14.8 Å². The topological polar surface area (TPSA) is 98.0 Å². The molecule has 2 saturated heterocycles. The number of hydrogen-bond acceptors (Lipinski definition) is 4. The number of likely N-dealkylation sites (tertiary alicyclic amines) is 2. The minimum absolute atomic E-state index is 0. The first-order chi connectivity index (χ1) is 15.7. The fourth-order valence-corrected chi connectivity index (χ4v) is 6.23. The van der Waals surface area contributed by atoms with Crippen LogP contribution in [-0.2, 0) is 0 Å². The van der Waals surface area contributed by atoms with Crippen LogP contribution in [0, 0.1) is 23.7 Å². The molecule has 1 aliphatic carbocycles. The Hall–Kier alpha value is -3.68.